The lowest BCUT2D eigenvalue weighted by Crippen LogP contribution is -1.96. The Bertz CT molecular complexity index is 334. The van der Waals surface area contributed by atoms with Crippen LogP contribution in [-0.2, 0) is 0 Å². The Hall–Kier alpha value is -0.660. The Morgan fingerprint density at radius 2 is 1.92 bits per heavy atom. The number of hydrogen-bond acceptors (Lipinski definition) is 2. The van der Waals surface area contributed by atoms with Crippen LogP contribution >= 0.6 is 31.9 Å². The predicted molar refractivity (Wildman–Crippen MR) is 60.6 cm³/mol. The highest BCUT2D eigenvalue weighted by molar-refractivity contribution is 9.11. The highest BCUT2D eigenvalue weighted by Gasteiger charge is 2.06. The minimum Gasteiger partial charge on any atom is -0.479 e. The van der Waals surface area contributed by atoms with Crippen molar-refractivity contribution < 1.29 is 4.74 Å². The number of hydrogen-bond donors (Lipinski definition) is 1. The second-order valence-corrected chi connectivity index (χ2v) is 4.02. The van der Waals surface area contributed by atoms with Gasteiger partial charge < -0.3 is 10.5 Å². The summed E-state index contributed by atoms with van der Waals surface area (Å²) in [6.45, 7) is 0.237. The Balaban J connectivity index is 3.00. The van der Waals surface area contributed by atoms with E-state index in [0.717, 1.165) is 8.95 Å². The van der Waals surface area contributed by atoms with Gasteiger partial charge in [0.25, 0.3) is 0 Å². The topological polar surface area (TPSA) is 35.2 Å². The molecule has 0 aliphatic heterocycles. The van der Waals surface area contributed by atoms with E-state index >= 15 is 0 Å². The Morgan fingerprint density at radius 3 is 2.38 bits per heavy atom. The monoisotopic (exact) mass is 303 g/mol. The smallest absolute Gasteiger partial charge is 0.149 e. The third-order valence-electron chi connectivity index (χ3n) is 1.32. The zero-order valence-electron chi connectivity index (χ0n) is 6.68. The van der Waals surface area contributed by atoms with Gasteiger partial charge >= 0.3 is 0 Å². The predicted octanol–water partition coefficient (Wildman–Crippen LogP) is 2.81. The largest absolute Gasteiger partial charge is 0.479 e. The van der Waals surface area contributed by atoms with Crippen molar-refractivity contribution in [1.82, 2.24) is 0 Å². The number of halogens is 2. The molecule has 0 aromatic heterocycles. The molecule has 1 rings (SSSR count). The molecule has 68 valence electrons. The molecule has 0 bridgehead atoms. The molecule has 0 saturated carbocycles. The van der Waals surface area contributed by atoms with Gasteiger partial charge in [-0.25, -0.2) is 0 Å². The van der Waals surface area contributed by atoms with Gasteiger partial charge in [-0.2, -0.15) is 0 Å². The van der Waals surface area contributed by atoms with Crippen molar-refractivity contribution in [3.05, 3.63) is 21.1 Å². The molecule has 0 atom stereocenters. The molecule has 1 aromatic carbocycles. The van der Waals surface area contributed by atoms with E-state index in [1.165, 1.54) is 0 Å². The van der Waals surface area contributed by atoms with Crippen molar-refractivity contribution in [2.75, 3.05) is 12.3 Å². The van der Waals surface area contributed by atoms with Crippen LogP contribution in [0.5, 0.6) is 5.75 Å². The molecule has 0 saturated heterocycles. The van der Waals surface area contributed by atoms with Gasteiger partial charge in [0.15, 0.2) is 0 Å². The van der Waals surface area contributed by atoms with Gasteiger partial charge in [0.1, 0.15) is 12.4 Å². The lowest BCUT2D eigenvalue weighted by Gasteiger charge is -2.08. The van der Waals surface area contributed by atoms with E-state index in [2.05, 4.69) is 37.8 Å². The summed E-state index contributed by atoms with van der Waals surface area (Å²) in [7, 11) is 0. The fraction of sp³-hybridized carbons (Fsp3) is 0.111. The standard InChI is InChI=1S/C9H7Br2NO/c1-2-3-13-9-7(10)4-6(12)5-8(9)11/h1,4-5H,3,12H2. The van der Waals surface area contributed by atoms with Crippen LogP contribution in [0.2, 0.25) is 0 Å². The van der Waals surface area contributed by atoms with Crippen LogP contribution in [0.4, 0.5) is 5.69 Å². The maximum atomic E-state index is 5.60. The van der Waals surface area contributed by atoms with E-state index in [1.54, 1.807) is 12.1 Å². The normalized spacial score (nSPS) is 9.31. The number of terminal acetylenes is 1. The molecule has 0 heterocycles. The van der Waals surface area contributed by atoms with E-state index in [0.29, 0.717) is 11.4 Å². The second kappa shape index (κ2) is 4.54. The molecule has 0 radical (unpaired) electrons. The van der Waals surface area contributed by atoms with E-state index in [-0.39, 0.29) is 6.61 Å². The Morgan fingerprint density at radius 1 is 1.38 bits per heavy atom. The van der Waals surface area contributed by atoms with Crippen LogP contribution in [0.25, 0.3) is 0 Å². The first kappa shape index (κ1) is 10.4. The highest BCUT2D eigenvalue weighted by Crippen LogP contribution is 2.35. The third kappa shape index (κ3) is 2.64. The van der Waals surface area contributed by atoms with Crippen LogP contribution in [0.3, 0.4) is 0 Å². The van der Waals surface area contributed by atoms with Crippen molar-refractivity contribution in [3.63, 3.8) is 0 Å². The molecule has 0 fully saturated rings. The first-order valence-corrected chi connectivity index (χ1v) is 5.04. The quantitative estimate of drug-likeness (QED) is 0.673. The van der Waals surface area contributed by atoms with E-state index in [1.807, 2.05) is 0 Å². The van der Waals surface area contributed by atoms with Crippen molar-refractivity contribution in [2.24, 2.45) is 0 Å². The molecule has 2 nitrogen and oxygen atoms in total. The Kier molecular flexibility index (Phi) is 3.64. The molecule has 0 unspecified atom stereocenters. The zero-order valence-corrected chi connectivity index (χ0v) is 9.85. The summed E-state index contributed by atoms with van der Waals surface area (Å²) in [6.07, 6.45) is 5.08. The molecule has 0 aliphatic rings. The van der Waals surface area contributed by atoms with Crippen LogP contribution in [0, 0.1) is 12.3 Å². The van der Waals surface area contributed by atoms with Crippen molar-refractivity contribution in [1.29, 1.82) is 0 Å². The molecule has 2 N–H and O–H groups in total. The van der Waals surface area contributed by atoms with Crippen molar-refractivity contribution in [3.8, 4) is 18.1 Å². The summed E-state index contributed by atoms with van der Waals surface area (Å²) < 4.78 is 6.86. The molecule has 0 spiro atoms. The number of nitrogen functional groups attached to an aromatic ring is 1. The number of anilines is 1. The SMILES string of the molecule is C#CCOc1c(Br)cc(N)cc1Br. The Labute approximate surface area is 93.7 Å². The molecule has 0 amide bonds. The van der Waals surface area contributed by atoms with Crippen LogP contribution in [0.1, 0.15) is 0 Å². The third-order valence-corrected chi connectivity index (χ3v) is 2.50. The highest BCUT2D eigenvalue weighted by atomic mass is 79.9. The summed E-state index contributed by atoms with van der Waals surface area (Å²) in [5.41, 5.74) is 6.26. The fourth-order valence-electron chi connectivity index (χ4n) is 0.831. The number of nitrogens with two attached hydrogens (primary N) is 1. The molecule has 13 heavy (non-hydrogen) atoms. The number of benzene rings is 1. The molecular formula is C9H7Br2NO. The molecule has 0 aliphatic carbocycles. The average molecular weight is 305 g/mol. The van der Waals surface area contributed by atoms with Gasteiger partial charge in [-0.05, 0) is 44.0 Å². The molecular weight excluding hydrogens is 298 g/mol. The average Bonchev–Trinajstić information content (AvgIpc) is 2.02. The summed E-state index contributed by atoms with van der Waals surface area (Å²) >= 11 is 6.65. The van der Waals surface area contributed by atoms with Crippen molar-refractivity contribution in [2.45, 2.75) is 0 Å². The molecule has 4 heteroatoms. The van der Waals surface area contributed by atoms with Gasteiger partial charge in [-0.3, -0.25) is 0 Å². The first-order valence-electron chi connectivity index (χ1n) is 3.46. The second-order valence-electron chi connectivity index (χ2n) is 2.31. The number of rotatable bonds is 2. The van der Waals surface area contributed by atoms with Crippen LogP contribution in [-0.4, -0.2) is 6.61 Å². The van der Waals surface area contributed by atoms with Crippen LogP contribution in [0.15, 0.2) is 21.1 Å². The summed E-state index contributed by atoms with van der Waals surface area (Å²) in [4.78, 5) is 0. The minimum atomic E-state index is 0.237. The van der Waals surface area contributed by atoms with E-state index in [9.17, 15) is 0 Å². The zero-order chi connectivity index (χ0) is 9.84. The maximum Gasteiger partial charge on any atom is 0.149 e. The van der Waals surface area contributed by atoms with Gasteiger partial charge in [0.2, 0.25) is 0 Å². The summed E-state index contributed by atoms with van der Waals surface area (Å²) in [6, 6.07) is 3.52. The van der Waals surface area contributed by atoms with Gasteiger partial charge in [0.05, 0.1) is 8.95 Å². The van der Waals surface area contributed by atoms with E-state index < -0.39 is 0 Å². The van der Waals surface area contributed by atoms with Gasteiger partial charge in [-0.15, -0.1) is 6.42 Å². The minimum absolute atomic E-state index is 0.237. The maximum absolute atomic E-state index is 5.60. The van der Waals surface area contributed by atoms with E-state index in [4.69, 9.17) is 16.9 Å². The lowest BCUT2D eigenvalue weighted by molar-refractivity contribution is 0.366. The van der Waals surface area contributed by atoms with Crippen molar-refractivity contribution >= 4 is 37.5 Å². The van der Waals surface area contributed by atoms with Gasteiger partial charge in [-0.1, -0.05) is 5.92 Å². The number of ether oxygens (including phenoxy) is 1. The van der Waals surface area contributed by atoms with Crippen LogP contribution < -0.4 is 10.5 Å². The summed E-state index contributed by atoms with van der Waals surface area (Å²) in [5.74, 6) is 3.06. The first-order chi connectivity index (χ1) is 6.15. The fourth-order valence-corrected chi connectivity index (χ4v) is 2.28. The summed E-state index contributed by atoms with van der Waals surface area (Å²) in [5, 5.41) is 0. The lowest BCUT2D eigenvalue weighted by atomic mass is 10.3. The molecule has 1 aromatic rings. The van der Waals surface area contributed by atoms with Gasteiger partial charge in [0, 0.05) is 5.69 Å².